The van der Waals surface area contributed by atoms with E-state index in [0.717, 1.165) is 37.1 Å². The Labute approximate surface area is 159 Å². The molecule has 27 heavy (non-hydrogen) atoms. The first-order valence-corrected chi connectivity index (χ1v) is 9.75. The lowest BCUT2D eigenvalue weighted by Gasteiger charge is -2.37. The van der Waals surface area contributed by atoms with E-state index in [-0.39, 0.29) is 17.1 Å². The summed E-state index contributed by atoms with van der Waals surface area (Å²) < 4.78 is 7.73. The number of aryl methyl sites for hydroxylation is 1. The maximum absolute atomic E-state index is 13.1. The molecule has 142 valence electrons. The monoisotopic (exact) mass is 366 g/mol. The first kappa shape index (κ1) is 17.8. The molecule has 0 radical (unpaired) electrons. The molecule has 0 spiro atoms. The zero-order valence-electron chi connectivity index (χ0n) is 16.2. The topological polar surface area (TPSA) is 93.9 Å². The molecule has 6 nitrogen and oxygen atoms in total. The van der Waals surface area contributed by atoms with E-state index in [1.54, 1.807) is 0 Å². The van der Waals surface area contributed by atoms with Crippen molar-refractivity contribution in [1.29, 1.82) is 5.26 Å². The molecule has 1 aliphatic heterocycles. The van der Waals surface area contributed by atoms with E-state index >= 15 is 0 Å². The van der Waals surface area contributed by atoms with Gasteiger partial charge in [0.15, 0.2) is 5.78 Å². The number of Topliss-reactive ketones (excluding diaryl/α,β-unsaturated/α-hetero) is 1. The van der Waals surface area contributed by atoms with Crippen LogP contribution in [-0.4, -0.2) is 15.6 Å². The summed E-state index contributed by atoms with van der Waals surface area (Å²) in [5.41, 5.74) is 8.87. The predicted octanol–water partition coefficient (Wildman–Crippen LogP) is 3.62. The van der Waals surface area contributed by atoms with Crippen molar-refractivity contribution < 1.29 is 9.53 Å². The Hall–Kier alpha value is -2.55. The molecule has 0 aromatic carbocycles. The van der Waals surface area contributed by atoms with Crippen molar-refractivity contribution in [2.75, 3.05) is 0 Å². The van der Waals surface area contributed by atoms with Gasteiger partial charge >= 0.3 is 0 Å². The largest absolute Gasteiger partial charge is 0.444 e. The van der Waals surface area contributed by atoms with Crippen LogP contribution in [0.25, 0.3) is 0 Å². The van der Waals surface area contributed by atoms with Crippen molar-refractivity contribution in [1.82, 2.24) is 9.78 Å². The van der Waals surface area contributed by atoms with Gasteiger partial charge in [-0.2, -0.15) is 10.4 Å². The highest BCUT2D eigenvalue weighted by atomic mass is 16.5. The quantitative estimate of drug-likeness (QED) is 0.878. The lowest BCUT2D eigenvalue weighted by Crippen LogP contribution is -2.33. The number of rotatable bonds is 4. The van der Waals surface area contributed by atoms with Gasteiger partial charge in [0.2, 0.25) is 5.88 Å². The Bertz CT molecular complexity index is 909. The highest BCUT2D eigenvalue weighted by Gasteiger charge is 2.45. The number of ketones is 1. The summed E-state index contributed by atoms with van der Waals surface area (Å²) in [6, 6.07) is 2.21. The number of carbonyl (C=O) groups is 1. The maximum Gasteiger partial charge on any atom is 0.205 e. The fraction of sp³-hybridized carbons (Fsp3) is 0.571. The van der Waals surface area contributed by atoms with Gasteiger partial charge in [-0.1, -0.05) is 20.8 Å². The second-order valence-corrected chi connectivity index (χ2v) is 8.71. The third-order valence-electron chi connectivity index (χ3n) is 5.62. The number of aromatic nitrogens is 2. The van der Waals surface area contributed by atoms with Crippen LogP contribution in [-0.2, 0) is 16.1 Å². The van der Waals surface area contributed by atoms with Gasteiger partial charge < -0.3 is 10.5 Å². The SMILES string of the molecule is CCCn1cc(C2C(C#N)=C(N)OC3=C2C(=O)CC(C)(C)C3)c(C2CC2)n1. The van der Waals surface area contributed by atoms with Gasteiger partial charge in [-0.15, -0.1) is 0 Å². The van der Waals surface area contributed by atoms with Crippen LogP contribution in [0.5, 0.6) is 0 Å². The molecule has 1 saturated carbocycles. The lowest BCUT2D eigenvalue weighted by atomic mass is 9.70. The molecule has 1 aromatic rings. The summed E-state index contributed by atoms with van der Waals surface area (Å²) in [6.45, 7) is 7.04. The van der Waals surface area contributed by atoms with Crippen molar-refractivity contribution in [3.8, 4) is 6.07 Å². The van der Waals surface area contributed by atoms with E-state index in [1.165, 1.54) is 0 Å². The Kier molecular flexibility index (Phi) is 4.14. The van der Waals surface area contributed by atoms with E-state index in [0.29, 0.717) is 35.7 Å². The smallest absolute Gasteiger partial charge is 0.205 e. The number of hydrogen-bond acceptors (Lipinski definition) is 5. The highest BCUT2D eigenvalue weighted by molar-refractivity contribution is 6.00. The van der Waals surface area contributed by atoms with Crippen molar-refractivity contribution >= 4 is 5.78 Å². The van der Waals surface area contributed by atoms with Crippen molar-refractivity contribution in [2.45, 2.75) is 71.3 Å². The first-order valence-electron chi connectivity index (χ1n) is 9.75. The van der Waals surface area contributed by atoms with Crippen LogP contribution in [0.1, 0.15) is 76.0 Å². The third-order valence-corrected chi connectivity index (χ3v) is 5.62. The number of nitrogens with zero attached hydrogens (tertiary/aromatic N) is 3. The number of carbonyl (C=O) groups excluding carboxylic acids is 1. The molecule has 2 aliphatic carbocycles. The van der Waals surface area contributed by atoms with Crippen molar-refractivity contribution in [3.63, 3.8) is 0 Å². The summed E-state index contributed by atoms with van der Waals surface area (Å²) in [5.74, 6) is 0.765. The van der Waals surface area contributed by atoms with Gasteiger partial charge in [0.1, 0.15) is 17.4 Å². The molecule has 0 saturated heterocycles. The summed E-state index contributed by atoms with van der Waals surface area (Å²) in [5, 5.41) is 14.6. The minimum Gasteiger partial charge on any atom is -0.444 e. The second-order valence-electron chi connectivity index (χ2n) is 8.71. The van der Waals surface area contributed by atoms with Gasteiger partial charge in [-0.25, -0.2) is 0 Å². The minimum absolute atomic E-state index is 0.0523. The molecule has 1 fully saturated rings. The fourth-order valence-corrected chi connectivity index (χ4v) is 4.29. The molecule has 0 amide bonds. The van der Waals surface area contributed by atoms with Crippen LogP contribution < -0.4 is 5.73 Å². The van der Waals surface area contributed by atoms with Gasteiger partial charge in [0, 0.05) is 42.6 Å². The Balaban J connectivity index is 1.88. The number of allylic oxidation sites excluding steroid dienone is 3. The van der Waals surface area contributed by atoms with Crippen LogP contribution in [0, 0.1) is 16.7 Å². The summed E-state index contributed by atoms with van der Waals surface area (Å²) in [4.78, 5) is 13.1. The molecule has 6 heteroatoms. The van der Waals surface area contributed by atoms with E-state index in [2.05, 4.69) is 26.8 Å². The first-order chi connectivity index (χ1) is 12.8. The molecular formula is C21H26N4O2. The van der Waals surface area contributed by atoms with Gasteiger partial charge in [0.25, 0.3) is 0 Å². The zero-order chi connectivity index (χ0) is 19.3. The maximum atomic E-state index is 13.1. The van der Waals surface area contributed by atoms with E-state index < -0.39 is 5.92 Å². The molecule has 0 bridgehead atoms. The molecule has 1 aromatic heterocycles. The van der Waals surface area contributed by atoms with Crippen LogP contribution >= 0.6 is 0 Å². The fourth-order valence-electron chi connectivity index (χ4n) is 4.29. The normalized spacial score (nSPS) is 24.5. The van der Waals surface area contributed by atoms with Crippen LogP contribution in [0.4, 0.5) is 0 Å². The second kappa shape index (κ2) is 6.26. The summed E-state index contributed by atoms with van der Waals surface area (Å²) >= 11 is 0. The van der Waals surface area contributed by atoms with E-state index in [1.807, 2.05) is 10.9 Å². The van der Waals surface area contributed by atoms with Gasteiger partial charge in [0.05, 0.1) is 11.6 Å². The summed E-state index contributed by atoms with van der Waals surface area (Å²) in [7, 11) is 0. The Morgan fingerprint density at radius 3 is 2.78 bits per heavy atom. The van der Waals surface area contributed by atoms with E-state index in [4.69, 9.17) is 15.6 Å². The average Bonchev–Trinajstić information content (AvgIpc) is 3.33. The number of nitriles is 1. The van der Waals surface area contributed by atoms with E-state index in [9.17, 15) is 10.1 Å². The molecule has 1 unspecified atom stereocenters. The van der Waals surface area contributed by atoms with Crippen LogP contribution in [0.2, 0.25) is 0 Å². The third kappa shape index (κ3) is 3.05. The standard InChI is InChI=1S/C21H26N4O2/c1-4-7-25-11-14(19(24-25)12-5-6-12)17-13(10-22)20(23)27-16-9-21(2,3)8-15(26)18(16)17/h11-12,17H,4-9,23H2,1-3H3. The van der Waals surface area contributed by atoms with Crippen LogP contribution in [0.15, 0.2) is 29.0 Å². The Morgan fingerprint density at radius 1 is 1.41 bits per heavy atom. The molecule has 3 aliphatic rings. The molecule has 4 rings (SSSR count). The predicted molar refractivity (Wildman–Crippen MR) is 100 cm³/mol. The molecule has 2 N–H and O–H groups in total. The molecule has 1 atom stereocenters. The molecule has 2 heterocycles. The highest BCUT2D eigenvalue weighted by Crippen LogP contribution is 2.51. The van der Waals surface area contributed by atoms with Crippen molar-refractivity contribution in [2.24, 2.45) is 11.1 Å². The lowest BCUT2D eigenvalue weighted by molar-refractivity contribution is -0.119. The minimum atomic E-state index is -0.455. The summed E-state index contributed by atoms with van der Waals surface area (Å²) in [6.07, 6.45) is 6.29. The number of nitrogens with two attached hydrogens (primary N) is 1. The average molecular weight is 366 g/mol. The Morgan fingerprint density at radius 2 is 2.15 bits per heavy atom. The number of hydrogen-bond donors (Lipinski definition) is 1. The molecular weight excluding hydrogens is 340 g/mol. The van der Waals surface area contributed by atoms with Gasteiger partial charge in [-0.05, 0) is 24.7 Å². The number of ether oxygens (including phenoxy) is 1. The zero-order valence-corrected chi connectivity index (χ0v) is 16.2. The van der Waals surface area contributed by atoms with Crippen LogP contribution in [0.3, 0.4) is 0 Å². The van der Waals surface area contributed by atoms with Gasteiger partial charge in [-0.3, -0.25) is 9.48 Å². The van der Waals surface area contributed by atoms with Crippen molar-refractivity contribution in [3.05, 3.63) is 40.2 Å².